The lowest BCUT2D eigenvalue weighted by Gasteiger charge is -2.35. The van der Waals surface area contributed by atoms with Gasteiger partial charge in [-0.25, -0.2) is 4.99 Å². The number of hydrogen-bond acceptors (Lipinski definition) is 4. The van der Waals surface area contributed by atoms with Crippen LogP contribution in [0.4, 0.5) is 5.69 Å². The Labute approximate surface area is 217 Å². The van der Waals surface area contributed by atoms with E-state index in [1.807, 2.05) is 50.2 Å². The van der Waals surface area contributed by atoms with E-state index < -0.39 is 23.4 Å². The van der Waals surface area contributed by atoms with Crippen molar-refractivity contribution in [1.82, 2.24) is 5.32 Å². The normalized spacial score (nSPS) is 19.9. The van der Waals surface area contributed by atoms with Gasteiger partial charge >= 0.3 is 0 Å². The third kappa shape index (κ3) is 4.89. The molecule has 0 bridgehead atoms. The number of nitrogens with two attached hydrogens (primary N) is 1. The smallest absolute Gasteiger partial charge is 0.272 e. The van der Waals surface area contributed by atoms with Gasteiger partial charge in [0.05, 0.1) is 22.7 Å². The highest BCUT2D eigenvalue weighted by Gasteiger charge is 2.50. The molecule has 1 heterocycles. The number of rotatable bonds is 7. The lowest BCUT2D eigenvalue weighted by molar-refractivity contribution is -0.142. The molecule has 2 aromatic rings. The summed E-state index contributed by atoms with van der Waals surface area (Å²) in [6.45, 7) is 4.03. The van der Waals surface area contributed by atoms with Gasteiger partial charge in [-0.1, -0.05) is 68.6 Å². The zero-order valence-electron chi connectivity index (χ0n) is 21.0. The molecular weight excluding hydrogens is 476 g/mol. The van der Waals surface area contributed by atoms with Gasteiger partial charge in [0.15, 0.2) is 0 Å². The van der Waals surface area contributed by atoms with E-state index in [2.05, 4.69) is 5.32 Å². The second kappa shape index (κ2) is 10.4. The van der Waals surface area contributed by atoms with Gasteiger partial charge in [0, 0.05) is 23.2 Å². The summed E-state index contributed by atoms with van der Waals surface area (Å²) in [4.78, 5) is 46.3. The van der Waals surface area contributed by atoms with Gasteiger partial charge in [-0.05, 0) is 43.4 Å². The van der Waals surface area contributed by atoms with Crippen LogP contribution in [0, 0.1) is 17.3 Å². The summed E-state index contributed by atoms with van der Waals surface area (Å²) < 4.78 is 0. The first-order valence-corrected chi connectivity index (χ1v) is 12.8. The predicted molar refractivity (Wildman–Crippen MR) is 142 cm³/mol. The second-order valence-electron chi connectivity index (χ2n) is 10.2. The van der Waals surface area contributed by atoms with Crippen LogP contribution in [0.25, 0.3) is 0 Å². The quantitative estimate of drug-likeness (QED) is 0.582. The van der Waals surface area contributed by atoms with E-state index in [9.17, 15) is 14.4 Å². The Morgan fingerprint density at radius 3 is 2.39 bits per heavy atom. The van der Waals surface area contributed by atoms with Crippen molar-refractivity contribution in [3.05, 3.63) is 64.7 Å². The number of benzodiazepines with no additional fused rings is 1. The number of benzene rings is 2. The number of aliphatic imine (C=N–C) groups is 1. The van der Waals surface area contributed by atoms with E-state index in [4.69, 9.17) is 22.3 Å². The number of para-hydroxylation sites is 1. The number of carbonyl (C=O) groups excluding carboxylic acids is 3. The fraction of sp³-hybridized carbons (Fsp3) is 0.429. The Bertz CT molecular complexity index is 1190. The Morgan fingerprint density at radius 2 is 1.78 bits per heavy atom. The maximum atomic E-state index is 13.8. The molecule has 36 heavy (non-hydrogen) atoms. The number of hydrogen-bond donors (Lipinski definition) is 2. The lowest BCUT2D eigenvalue weighted by atomic mass is 9.69. The van der Waals surface area contributed by atoms with Gasteiger partial charge in [-0.15, -0.1) is 0 Å². The minimum atomic E-state index is -1.15. The number of carbonyl (C=O) groups is 3. The first-order chi connectivity index (χ1) is 17.1. The number of anilines is 1. The van der Waals surface area contributed by atoms with Gasteiger partial charge in [0.2, 0.25) is 18.0 Å². The van der Waals surface area contributed by atoms with E-state index >= 15 is 0 Å². The number of nitrogens with one attached hydrogen (secondary N) is 1. The van der Waals surface area contributed by atoms with Crippen LogP contribution in [0.5, 0.6) is 0 Å². The standard InChI is InChI=1S/C28H33ClN4O3/c1-17(2)16-21(28(27(30)36)14-6-7-15-28)25(34)32-24-26(35)33(3)22-9-5-4-8-20(22)23(31-24)18-10-12-19(29)13-11-18/h4-5,8-13,17,21,24H,6-7,14-16H2,1-3H3,(H2,30,36)(H,32,34). The zero-order chi connectivity index (χ0) is 26.0. The molecule has 1 saturated carbocycles. The van der Waals surface area contributed by atoms with Crippen LogP contribution in [0.2, 0.25) is 5.02 Å². The Balaban J connectivity index is 1.75. The molecule has 7 nitrogen and oxygen atoms in total. The van der Waals surface area contributed by atoms with Crippen LogP contribution in [-0.2, 0) is 14.4 Å². The van der Waals surface area contributed by atoms with E-state index in [1.54, 1.807) is 19.2 Å². The third-order valence-corrected chi connectivity index (χ3v) is 7.67. The summed E-state index contributed by atoms with van der Waals surface area (Å²) in [5.74, 6) is -1.62. The largest absolute Gasteiger partial charge is 0.369 e. The minimum absolute atomic E-state index is 0.169. The monoisotopic (exact) mass is 508 g/mol. The predicted octanol–water partition coefficient (Wildman–Crippen LogP) is 4.30. The van der Waals surface area contributed by atoms with Crippen LogP contribution in [0.15, 0.2) is 53.5 Å². The highest BCUT2D eigenvalue weighted by Crippen LogP contribution is 2.46. The maximum Gasteiger partial charge on any atom is 0.272 e. The summed E-state index contributed by atoms with van der Waals surface area (Å²) in [6.07, 6.45) is 2.21. The van der Waals surface area contributed by atoms with Crippen LogP contribution in [-0.4, -0.2) is 36.6 Å². The van der Waals surface area contributed by atoms with Crippen molar-refractivity contribution in [3.63, 3.8) is 0 Å². The average molecular weight is 509 g/mol. The van der Waals surface area contributed by atoms with Crippen molar-refractivity contribution < 1.29 is 14.4 Å². The van der Waals surface area contributed by atoms with E-state index in [0.29, 0.717) is 35.7 Å². The minimum Gasteiger partial charge on any atom is -0.369 e. The van der Waals surface area contributed by atoms with Crippen LogP contribution in [0.3, 0.4) is 0 Å². The average Bonchev–Trinajstić information content (AvgIpc) is 3.32. The molecule has 3 amide bonds. The molecule has 3 N–H and O–H groups in total. The fourth-order valence-electron chi connectivity index (χ4n) is 5.52. The molecule has 2 atom stereocenters. The number of nitrogens with zero attached hydrogens (tertiary/aromatic N) is 2. The van der Waals surface area contributed by atoms with Crippen molar-refractivity contribution in [2.75, 3.05) is 11.9 Å². The van der Waals surface area contributed by atoms with Gasteiger partial charge < -0.3 is 16.0 Å². The van der Waals surface area contributed by atoms with Crippen LogP contribution >= 0.6 is 11.6 Å². The molecule has 0 spiro atoms. The molecule has 2 aliphatic rings. The van der Waals surface area contributed by atoms with Crippen molar-refractivity contribution in [2.45, 2.75) is 52.1 Å². The Kier molecular flexibility index (Phi) is 7.50. The Morgan fingerprint density at radius 1 is 1.14 bits per heavy atom. The molecule has 1 fully saturated rings. The fourth-order valence-corrected chi connectivity index (χ4v) is 5.64. The van der Waals surface area contributed by atoms with Gasteiger partial charge in [0.25, 0.3) is 5.91 Å². The molecule has 1 aliphatic carbocycles. The summed E-state index contributed by atoms with van der Waals surface area (Å²) in [7, 11) is 1.67. The van der Waals surface area contributed by atoms with Crippen LogP contribution in [0.1, 0.15) is 57.1 Å². The molecule has 190 valence electrons. The van der Waals surface area contributed by atoms with E-state index in [1.165, 1.54) is 4.90 Å². The van der Waals surface area contributed by atoms with Crippen molar-refractivity contribution in [1.29, 1.82) is 0 Å². The molecule has 0 aromatic heterocycles. The summed E-state index contributed by atoms with van der Waals surface area (Å²) in [5.41, 5.74) is 7.81. The zero-order valence-corrected chi connectivity index (χ0v) is 21.7. The van der Waals surface area contributed by atoms with Gasteiger partial charge in [-0.3, -0.25) is 14.4 Å². The highest BCUT2D eigenvalue weighted by atomic mass is 35.5. The van der Waals surface area contributed by atoms with Crippen molar-refractivity contribution in [3.8, 4) is 0 Å². The van der Waals surface area contributed by atoms with Gasteiger partial charge in [0.1, 0.15) is 0 Å². The molecule has 2 unspecified atom stereocenters. The summed E-state index contributed by atoms with van der Waals surface area (Å²) in [6, 6.07) is 14.7. The first kappa shape index (κ1) is 25.9. The lowest BCUT2D eigenvalue weighted by Crippen LogP contribution is -2.53. The number of amides is 3. The first-order valence-electron chi connectivity index (χ1n) is 12.4. The van der Waals surface area contributed by atoms with Crippen LogP contribution < -0.4 is 16.0 Å². The summed E-state index contributed by atoms with van der Waals surface area (Å²) >= 11 is 6.11. The molecule has 0 saturated heterocycles. The molecule has 0 radical (unpaired) electrons. The molecule has 4 rings (SSSR count). The Hall–Kier alpha value is -3.19. The number of likely N-dealkylation sites (N-methyl/N-ethyl adjacent to an activating group) is 1. The SMILES string of the molecule is CC(C)CC(C(=O)NC1N=C(c2ccc(Cl)cc2)c2ccccc2N(C)C1=O)C1(C(N)=O)CCCC1. The number of fused-ring (bicyclic) bond motifs is 1. The topological polar surface area (TPSA) is 105 Å². The van der Waals surface area contributed by atoms with E-state index in [0.717, 1.165) is 24.0 Å². The van der Waals surface area contributed by atoms with Gasteiger partial charge in [-0.2, -0.15) is 0 Å². The van der Waals surface area contributed by atoms with Crippen molar-refractivity contribution >= 4 is 40.7 Å². The number of halogens is 1. The maximum absolute atomic E-state index is 13.8. The number of primary amides is 1. The highest BCUT2D eigenvalue weighted by molar-refractivity contribution is 6.30. The second-order valence-corrected chi connectivity index (χ2v) is 10.7. The molecular formula is C28H33ClN4O3. The molecule has 8 heteroatoms. The third-order valence-electron chi connectivity index (χ3n) is 7.42. The van der Waals surface area contributed by atoms with E-state index in [-0.39, 0.29) is 17.7 Å². The van der Waals surface area contributed by atoms with Crippen molar-refractivity contribution in [2.24, 2.45) is 28.0 Å². The molecule has 2 aromatic carbocycles. The molecule has 1 aliphatic heterocycles. The summed E-state index contributed by atoms with van der Waals surface area (Å²) in [5, 5.41) is 3.48.